The molecule has 2 N–H and O–H groups in total. The molecule has 0 radical (unpaired) electrons. The van der Waals surface area contributed by atoms with Gasteiger partial charge in [0.25, 0.3) is 0 Å². The van der Waals surface area contributed by atoms with Crippen molar-refractivity contribution < 1.29 is 13.1 Å². The van der Waals surface area contributed by atoms with Gasteiger partial charge in [0, 0.05) is 0 Å². The van der Waals surface area contributed by atoms with Gasteiger partial charge < -0.3 is 13.1 Å². The molecule has 0 aliphatic carbocycles. The van der Waals surface area contributed by atoms with E-state index in [0.29, 0.717) is 6.42 Å². The zero-order chi connectivity index (χ0) is 4.99. The van der Waals surface area contributed by atoms with E-state index in [9.17, 15) is 0 Å². The summed E-state index contributed by atoms with van der Waals surface area (Å²) in [6.45, 7) is 1.90. The van der Waals surface area contributed by atoms with Crippen LogP contribution in [0.1, 0.15) is 22.6 Å². The second-order valence-electron chi connectivity index (χ2n) is 1.27. The second kappa shape index (κ2) is 7.40. The monoisotopic (exact) mass is 180 g/mol. The second-order valence-corrected chi connectivity index (χ2v) is 1.27. The van der Waals surface area contributed by atoms with Crippen LogP contribution in [-0.4, -0.2) is 62.0 Å². The van der Waals surface area contributed by atoms with Crippen molar-refractivity contribution in [1.82, 2.24) is 0 Å². The molecular weight excluding hydrogens is 168 g/mol. The molecule has 0 heterocycles. The van der Waals surface area contributed by atoms with Crippen molar-refractivity contribution in [1.29, 1.82) is 0 Å². The van der Waals surface area contributed by atoms with E-state index in [1.165, 1.54) is 0 Å². The average molecular weight is 180 g/mol. The smallest absolute Gasteiger partial charge is 1.00 e. The predicted octanol–water partition coefficient (Wildman–Crippen LogP) is -0.0586. The van der Waals surface area contributed by atoms with Crippen molar-refractivity contribution in [2.45, 2.75) is 26.1 Å². The number of hydrogen-bond acceptors (Lipinski definition) is 2. The minimum atomic E-state index is -1.10. The summed E-state index contributed by atoms with van der Waals surface area (Å²) < 4.78 is 0. The third-order valence-corrected chi connectivity index (χ3v) is 0.547. The van der Waals surface area contributed by atoms with E-state index in [-0.39, 0.29) is 48.3 Å². The van der Waals surface area contributed by atoms with Crippen LogP contribution in [0.3, 0.4) is 0 Å². The molecule has 42 valence electrons. The van der Waals surface area contributed by atoms with Crippen LogP contribution in [0.25, 0.3) is 0 Å². The van der Waals surface area contributed by atoms with Gasteiger partial charge in [0.05, 0.1) is 0 Å². The van der Waals surface area contributed by atoms with E-state index < -0.39 is 6.29 Å². The van der Waals surface area contributed by atoms with Gasteiger partial charge in [0.15, 0.2) is 6.29 Å². The van der Waals surface area contributed by atoms with Crippen LogP contribution in [0.15, 0.2) is 0 Å². The molecule has 2 nitrogen and oxygen atoms in total. The number of rotatable bonds is 2. The van der Waals surface area contributed by atoms with Crippen LogP contribution in [-0.2, 0) is 0 Å². The van der Waals surface area contributed by atoms with E-state index in [1.54, 1.807) is 0 Å². The summed E-state index contributed by atoms with van der Waals surface area (Å²) in [7, 11) is 0. The van der Waals surface area contributed by atoms with Crippen molar-refractivity contribution in [3.8, 4) is 0 Å². The Balaban J connectivity index is -0.0000000417. The van der Waals surface area contributed by atoms with Gasteiger partial charge >= 0.3 is 45.5 Å². The summed E-state index contributed by atoms with van der Waals surface area (Å²) in [5, 5.41) is 16.2. The molecule has 0 aromatic rings. The predicted molar refractivity (Wildman–Crippen MR) is 31.1 cm³/mol. The summed E-state index contributed by atoms with van der Waals surface area (Å²) in [6, 6.07) is 0. The maximum atomic E-state index is 8.11. The largest absolute Gasteiger partial charge is 2.00 e. The van der Waals surface area contributed by atoms with Crippen molar-refractivity contribution in [3.05, 3.63) is 0 Å². The van der Waals surface area contributed by atoms with Gasteiger partial charge in [-0.3, -0.25) is 0 Å². The van der Waals surface area contributed by atoms with Crippen LogP contribution in [0.4, 0.5) is 0 Å². The molecule has 0 rings (SSSR count). The normalized spacial score (nSPS) is 8.57. The molecular formula is C4H12O2Sr. The minimum absolute atomic E-state index is 0. The molecule has 0 amide bonds. The minimum Gasteiger partial charge on any atom is -1.00 e. The van der Waals surface area contributed by atoms with E-state index in [2.05, 4.69) is 0 Å². The first kappa shape index (κ1) is 11.2. The fraction of sp³-hybridized carbons (Fsp3) is 1.00. The Morgan fingerprint density at radius 2 is 2.00 bits per heavy atom. The first-order chi connectivity index (χ1) is 2.77. The Hall–Kier alpha value is 1.40. The van der Waals surface area contributed by atoms with Gasteiger partial charge in [0.2, 0.25) is 0 Å². The third kappa shape index (κ3) is 11.1. The Morgan fingerprint density at radius 3 is 2.00 bits per heavy atom. The standard InChI is InChI=1S/C4H10O2.Sr.2H/c1-2-3-4(5)6;;;/h4-6H,2-3H2,1H3;;;/q;+2;2*-1. The summed E-state index contributed by atoms with van der Waals surface area (Å²) in [5.41, 5.74) is 0. The topological polar surface area (TPSA) is 40.5 Å². The SMILES string of the molecule is CCCC(O)O.[H-].[H-].[Sr+2]. The molecule has 0 atom stereocenters. The van der Waals surface area contributed by atoms with Gasteiger partial charge in [-0.15, -0.1) is 0 Å². The van der Waals surface area contributed by atoms with Crippen molar-refractivity contribution in [2.75, 3.05) is 0 Å². The summed E-state index contributed by atoms with van der Waals surface area (Å²) >= 11 is 0. The van der Waals surface area contributed by atoms with E-state index >= 15 is 0 Å². The number of aliphatic hydroxyl groups is 2. The molecule has 0 saturated carbocycles. The van der Waals surface area contributed by atoms with Crippen molar-refractivity contribution in [3.63, 3.8) is 0 Å². The molecule has 0 unspecified atom stereocenters. The van der Waals surface area contributed by atoms with Gasteiger partial charge in [-0.05, 0) is 6.42 Å². The maximum Gasteiger partial charge on any atom is 2.00 e. The van der Waals surface area contributed by atoms with Crippen LogP contribution in [0, 0.1) is 0 Å². The fourth-order valence-electron chi connectivity index (χ4n) is 0.258. The molecule has 7 heavy (non-hydrogen) atoms. The molecule has 0 aliphatic heterocycles. The van der Waals surface area contributed by atoms with E-state index in [1.807, 2.05) is 6.92 Å². The average Bonchev–Trinajstić information content (AvgIpc) is 1.35. The van der Waals surface area contributed by atoms with Crippen molar-refractivity contribution in [2.24, 2.45) is 0 Å². The zero-order valence-corrected chi connectivity index (χ0v) is 8.07. The summed E-state index contributed by atoms with van der Waals surface area (Å²) in [4.78, 5) is 0. The number of aliphatic hydroxyl groups excluding tert-OH is 1. The van der Waals surface area contributed by atoms with Crippen LogP contribution < -0.4 is 0 Å². The summed E-state index contributed by atoms with van der Waals surface area (Å²) in [6.07, 6.45) is 0.215. The number of hydrogen-bond donors (Lipinski definition) is 2. The first-order valence-corrected chi connectivity index (χ1v) is 2.13. The van der Waals surface area contributed by atoms with E-state index in [4.69, 9.17) is 10.2 Å². The van der Waals surface area contributed by atoms with Gasteiger partial charge in [0.1, 0.15) is 0 Å². The molecule has 0 bridgehead atoms. The van der Waals surface area contributed by atoms with Gasteiger partial charge in [-0.1, -0.05) is 13.3 Å². The molecule has 0 saturated heterocycles. The maximum absolute atomic E-state index is 8.11. The Labute approximate surface area is 83.8 Å². The fourth-order valence-corrected chi connectivity index (χ4v) is 0.258. The molecule has 0 aromatic heterocycles. The quantitative estimate of drug-likeness (QED) is 0.461. The Morgan fingerprint density at radius 1 is 1.57 bits per heavy atom. The molecule has 0 aliphatic rings. The molecule has 0 aromatic carbocycles. The molecule has 3 heteroatoms. The molecule has 0 fully saturated rings. The third-order valence-electron chi connectivity index (χ3n) is 0.547. The van der Waals surface area contributed by atoms with Gasteiger partial charge in [-0.25, -0.2) is 0 Å². The van der Waals surface area contributed by atoms with E-state index in [0.717, 1.165) is 6.42 Å². The van der Waals surface area contributed by atoms with Crippen LogP contribution in [0.5, 0.6) is 0 Å². The van der Waals surface area contributed by atoms with Crippen LogP contribution >= 0.6 is 0 Å². The van der Waals surface area contributed by atoms with Gasteiger partial charge in [-0.2, -0.15) is 0 Å². The zero-order valence-electron chi connectivity index (χ0n) is 6.59. The first-order valence-electron chi connectivity index (χ1n) is 2.13. The van der Waals surface area contributed by atoms with Crippen LogP contribution in [0.2, 0.25) is 0 Å². The summed E-state index contributed by atoms with van der Waals surface area (Å²) in [5.74, 6) is 0. The Bertz CT molecular complexity index is 37.7. The molecule has 0 spiro atoms. The Kier molecular flexibility index (Phi) is 11.9. The van der Waals surface area contributed by atoms with Crippen molar-refractivity contribution >= 4 is 45.5 Å².